The molecule has 1 aliphatic rings. The van der Waals surface area contributed by atoms with Gasteiger partial charge in [0.1, 0.15) is 0 Å². The Morgan fingerprint density at radius 1 is 1.58 bits per heavy atom. The molecule has 2 heterocycles. The van der Waals surface area contributed by atoms with E-state index in [0.29, 0.717) is 12.1 Å². The van der Waals surface area contributed by atoms with Crippen LogP contribution in [0.2, 0.25) is 5.02 Å². The predicted octanol–water partition coefficient (Wildman–Crippen LogP) is 3.34. The lowest BCUT2D eigenvalue weighted by molar-refractivity contribution is 0.0936. The summed E-state index contributed by atoms with van der Waals surface area (Å²) in [6.45, 7) is 8.17. The van der Waals surface area contributed by atoms with Crippen molar-refractivity contribution in [3.8, 4) is 0 Å². The fourth-order valence-electron chi connectivity index (χ4n) is 2.72. The SMILES string of the molecule is CCNC(CC1CCCO1)c1c(Cl)cnn1C(C)C. The van der Waals surface area contributed by atoms with E-state index in [1.54, 1.807) is 6.20 Å². The quantitative estimate of drug-likeness (QED) is 0.871. The lowest BCUT2D eigenvalue weighted by atomic mass is 10.0. The molecular formula is C14H24ClN3O. The van der Waals surface area contributed by atoms with E-state index in [4.69, 9.17) is 16.3 Å². The third-order valence-corrected chi connectivity index (χ3v) is 3.87. The molecule has 0 bridgehead atoms. The summed E-state index contributed by atoms with van der Waals surface area (Å²) in [4.78, 5) is 0. The van der Waals surface area contributed by atoms with E-state index < -0.39 is 0 Å². The standard InChI is InChI=1S/C14H24ClN3O/c1-4-16-13(8-11-6-5-7-19-11)14-12(15)9-17-18(14)10(2)3/h9-11,13,16H,4-8H2,1-3H3. The molecule has 0 amide bonds. The zero-order valence-corrected chi connectivity index (χ0v) is 12.8. The largest absolute Gasteiger partial charge is 0.378 e. The van der Waals surface area contributed by atoms with Crippen LogP contribution in [-0.2, 0) is 4.74 Å². The molecule has 0 saturated carbocycles. The number of aromatic nitrogens is 2. The lowest BCUT2D eigenvalue weighted by Gasteiger charge is -2.24. The van der Waals surface area contributed by atoms with Crippen LogP contribution in [-0.4, -0.2) is 29.0 Å². The van der Waals surface area contributed by atoms with E-state index in [2.05, 4.69) is 31.2 Å². The first-order valence-electron chi connectivity index (χ1n) is 7.21. The molecule has 1 aliphatic heterocycles. The highest BCUT2D eigenvalue weighted by molar-refractivity contribution is 6.31. The molecular weight excluding hydrogens is 262 g/mol. The first-order valence-corrected chi connectivity index (χ1v) is 7.59. The molecule has 4 nitrogen and oxygen atoms in total. The van der Waals surface area contributed by atoms with Gasteiger partial charge in [-0.15, -0.1) is 0 Å². The Hall–Kier alpha value is -0.580. The van der Waals surface area contributed by atoms with Gasteiger partial charge < -0.3 is 10.1 Å². The third kappa shape index (κ3) is 3.50. The first kappa shape index (κ1) is 14.8. The maximum atomic E-state index is 6.34. The monoisotopic (exact) mass is 285 g/mol. The van der Waals surface area contributed by atoms with Gasteiger partial charge >= 0.3 is 0 Å². The Kier molecular flexibility index (Phi) is 5.25. The summed E-state index contributed by atoms with van der Waals surface area (Å²) in [5.41, 5.74) is 1.09. The molecule has 1 fully saturated rings. The van der Waals surface area contributed by atoms with Gasteiger partial charge in [0.25, 0.3) is 0 Å². The number of ether oxygens (including phenoxy) is 1. The van der Waals surface area contributed by atoms with Crippen molar-refractivity contribution in [2.45, 2.75) is 58.2 Å². The minimum atomic E-state index is 0.213. The zero-order valence-electron chi connectivity index (χ0n) is 12.0. The van der Waals surface area contributed by atoms with Crippen LogP contribution in [0.25, 0.3) is 0 Å². The summed E-state index contributed by atoms with van der Waals surface area (Å²) in [6, 6.07) is 0.527. The predicted molar refractivity (Wildman–Crippen MR) is 77.6 cm³/mol. The van der Waals surface area contributed by atoms with Crippen LogP contribution in [0.15, 0.2) is 6.20 Å². The Labute approximate surface area is 120 Å². The molecule has 0 aliphatic carbocycles. The summed E-state index contributed by atoms with van der Waals surface area (Å²) in [6.07, 6.45) is 5.37. The maximum absolute atomic E-state index is 6.34. The number of nitrogens with zero attached hydrogens (tertiary/aromatic N) is 2. The summed E-state index contributed by atoms with van der Waals surface area (Å²) >= 11 is 6.34. The molecule has 5 heteroatoms. The van der Waals surface area contributed by atoms with Crippen molar-refractivity contribution < 1.29 is 4.74 Å². The van der Waals surface area contributed by atoms with Gasteiger partial charge in [-0.05, 0) is 39.7 Å². The second-order valence-corrected chi connectivity index (χ2v) is 5.80. The van der Waals surface area contributed by atoms with E-state index in [1.165, 1.54) is 6.42 Å². The topological polar surface area (TPSA) is 39.1 Å². The summed E-state index contributed by atoms with van der Waals surface area (Å²) in [5.74, 6) is 0. The van der Waals surface area contributed by atoms with E-state index in [0.717, 1.165) is 36.7 Å². The third-order valence-electron chi connectivity index (χ3n) is 3.58. The van der Waals surface area contributed by atoms with E-state index in [9.17, 15) is 0 Å². The van der Waals surface area contributed by atoms with Crippen LogP contribution in [0.3, 0.4) is 0 Å². The van der Waals surface area contributed by atoms with Gasteiger partial charge in [0.2, 0.25) is 0 Å². The van der Waals surface area contributed by atoms with Crippen molar-refractivity contribution in [1.29, 1.82) is 0 Å². The van der Waals surface area contributed by atoms with Crippen molar-refractivity contribution in [1.82, 2.24) is 15.1 Å². The van der Waals surface area contributed by atoms with Crippen LogP contribution in [0.5, 0.6) is 0 Å². The van der Waals surface area contributed by atoms with Crippen molar-refractivity contribution in [2.24, 2.45) is 0 Å². The van der Waals surface area contributed by atoms with Gasteiger partial charge in [0.05, 0.1) is 29.1 Å². The summed E-state index contributed by atoms with van der Waals surface area (Å²) in [5, 5.41) is 8.67. The second-order valence-electron chi connectivity index (χ2n) is 5.40. The van der Waals surface area contributed by atoms with Crippen LogP contribution < -0.4 is 5.32 Å². The molecule has 1 N–H and O–H groups in total. The van der Waals surface area contributed by atoms with Crippen molar-refractivity contribution in [2.75, 3.05) is 13.2 Å². The number of hydrogen-bond acceptors (Lipinski definition) is 3. The van der Waals surface area contributed by atoms with Gasteiger partial charge in [-0.3, -0.25) is 4.68 Å². The molecule has 2 atom stereocenters. The average molecular weight is 286 g/mol. The number of hydrogen-bond donors (Lipinski definition) is 1. The Morgan fingerprint density at radius 2 is 2.37 bits per heavy atom. The normalized spacial score (nSPS) is 21.2. The molecule has 1 aromatic heterocycles. The van der Waals surface area contributed by atoms with E-state index in [1.807, 2.05) is 4.68 Å². The van der Waals surface area contributed by atoms with Gasteiger partial charge in [-0.2, -0.15) is 5.10 Å². The molecule has 2 rings (SSSR count). The lowest BCUT2D eigenvalue weighted by Crippen LogP contribution is -2.28. The molecule has 2 unspecified atom stereocenters. The Balaban J connectivity index is 2.19. The summed E-state index contributed by atoms with van der Waals surface area (Å²) < 4.78 is 7.77. The molecule has 1 saturated heterocycles. The zero-order chi connectivity index (χ0) is 13.8. The maximum Gasteiger partial charge on any atom is 0.0834 e. The minimum Gasteiger partial charge on any atom is -0.378 e. The summed E-state index contributed by atoms with van der Waals surface area (Å²) in [7, 11) is 0. The first-order chi connectivity index (χ1) is 9.13. The molecule has 108 valence electrons. The highest BCUT2D eigenvalue weighted by Gasteiger charge is 2.26. The molecule has 0 radical (unpaired) electrons. The second kappa shape index (κ2) is 6.73. The van der Waals surface area contributed by atoms with Gasteiger partial charge in [-0.25, -0.2) is 0 Å². The fourth-order valence-corrected chi connectivity index (χ4v) is 2.98. The number of halogens is 1. The van der Waals surface area contributed by atoms with Crippen LogP contribution >= 0.6 is 11.6 Å². The molecule has 1 aromatic rings. The molecule has 19 heavy (non-hydrogen) atoms. The minimum absolute atomic E-state index is 0.213. The van der Waals surface area contributed by atoms with Crippen molar-refractivity contribution >= 4 is 11.6 Å². The fraction of sp³-hybridized carbons (Fsp3) is 0.786. The number of rotatable bonds is 6. The van der Waals surface area contributed by atoms with Gasteiger partial charge in [0, 0.05) is 12.6 Å². The van der Waals surface area contributed by atoms with Crippen molar-refractivity contribution in [3.63, 3.8) is 0 Å². The van der Waals surface area contributed by atoms with Gasteiger partial charge in [-0.1, -0.05) is 18.5 Å². The smallest absolute Gasteiger partial charge is 0.0834 e. The number of nitrogens with one attached hydrogen (secondary N) is 1. The molecule has 0 aromatic carbocycles. The van der Waals surface area contributed by atoms with Crippen LogP contribution in [0, 0.1) is 0 Å². The highest BCUT2D eigenvalue weighted by atomic mass is 35.5. The van der Waals surface area contributed by atoms with E-state index >= 15 is 0 Å². The Morgan fingerprint density at radius 3 is 2.95 bits per heavy atom. The van der Waals surface area contributed by atoms with Crippen LogP contribution in [0.4, 0.5) is 0 Å². The van der Waals surface area contributed by atoms with Crippen LogP contribution in [0.1, 0.15) is 57.8 Å². The molecule has 0 spiro atoms. The van der Waals surface area contributed by atoms with E-state index in [-0.39, 0.29) is 6.04 Å². The van der Waals surface area contributed by atoms with Gasteiger partial charge in [0.15, 0.2) is 0 Å². The van der Waals surface area contributed by atoms with Crippen molar-refractivity contribution in [3.05, 3.63) is 16.9 Å². The Bertz CT molecular complexity index is 399. The average Bonchev–Trinajstić information content (AvgIpc) is 2.97. The highest BCUT2D eigenvalue weighted by Crippen LogP contribution is 2.31.